The predicted molar refractivity (Wildman–Crippen MR) is 84.8 cm³/mol. The summed E-state index contributed by atoms with van der Waals surface area (Å²) in [4.78, 5) is 17.0. The first-order chi connectivity index (χ1) is 10.2. The zero-order valence-electron chi connectivity index (χ0n) is 12.1. The molecule has 1 atom stereocenters. The molecule has 1 unspecified atom stereocenters. The van der Waals surface area contributed by atoms with Crippen molar-refractivity contribution in [1.29, 1.82) is 0 Å². The maximum Gasteiger partial charge on any atom is 0.257 e. The summed E-state index contributed by atoms with van der Waals surface area (Å²) in [5, 5.41) is 3.48. The van der Waals surface area contributed by atoms with E-state index in [1.807, 2.05) is 29.2 Å². The Morgan fingerprint density at radius 2 is 2.10 bits per heavy atom. The SMILES string of the molecule is COCCN1C(=O)c2ccccc2NC1c1ccc(C)s1. The van der Waals surface area contributed by atoms with Crippen LogP contribution in [0.1, 0.15) is 26.3 Å². The average Bonchev–Trinajstić information content (AvgIpc) is 2.93. The molecule has 21 heavy (non-hydrogen) atoms. The normalized spacial score (nSPS) is 17.5. The minimum absolute atomic E-state index is 0.0532. The number of rotatable bonds is 4. The van der Waals surface area contributed by atoms with E-state index < -0.39 is 0 Å². The average molecular weight is 302 g/mol. The van der Waals surface area contributed by atoms with Crippen molar-refractivity contribution >= 4 is 22.9 Å². The van der Waals surface area contributed by atoms with Crippen molar-refractivity contribution in [2.45, 2.75) is 13.1 Å². The third-order valence-electron chi connectivity index (χ3n) is 3.59. The highest BCUT2D eigenvalue weighted by molar-refractivity contribution is 7.12. The molecule has 1 N–H and O–H groups in total. The third kappa shape index (κ3) is 2.66. The van der Waals surface area contributed by atoms with Crippen molar-refractivity contribution in [1.82, 2.24) is 4.90 Å². The van der Waals surface area contributed by atoms with Crippen LogP contribution in [0.15, 0.2) is 36.4 Å². The number of nitrogens with zero attached hydrogens (tertiary/aromatic N) is 1. The molecular formula is C16H18N2O2S. The molecule has 110 valence electrons. The molecule has 0 aliphatic carbocycles. The lowest BCUT2D eigenvalue weighted by atomic mass is 10.1. The molecule has 2 heterocycles. The predicted octanol–water partition coefficient (Wildman–Crippen LogP) is 3.27. The molecule has 1 aromatic carbocycles. The van der Waals surface area contributed by atoms with E-state index in [4.69, 9.17) is 4.74 Å². The van der Waals surface area contributed by atoms with Gasteiger partial charge in [-0.3, -0.25) is 4.79 Å². The lowest BCUT2D eigenvalue weighted by Gasteiger charge is -2.37. The Morgan fingerprint density at radius 3 is 2.81 bits per heavy atom. The van der Waals surface area contributed by atoms with E-state index in [1.54, 1.807) is 18.4 Å². The summed E-state index contributed by atoms with van der Waals surface area (Å²) in [6, 6.07) is 11.8. The lowest BCUT2D eigenvalue weighted by molar-refractivity contribution is 0.0613. The van der Waals surface area contributed by atoms with Crippen LogP contribution in [0.4, 0.5) is 5.69 Å². The number of ether oxygens (including phenoxy) is 1. The number of aryl methyl sites for hydroxylation is 1. The highest BCUT2D eigenvalue weighted by atomic mass is 32.1. The van der Waals surface area contributed by atoms with Crippen molar-refractivity contribution in [2.75, 3.05) is 25.6 Å². The standard InChI is InChI=1S/C16H18N2O2S/c1-11-7-8-14(21-11)15-17-13-6-4-3-5-12(13)16(19)18(15)9-10-20-2/h3-8,15,17H,9-10H2,1-2H3. The number of carbonyl (C=O) groups is 1. The molecule has 0 radical (unpaired) electrons. The smallest absolute Gasteiger partial charge is 0.257 e. The van der Waals surface area contributed by atoms with Crippen LogP contribution < -0.4 is 5.32 Å². The number of amides is 1. The Morgan fingerprint density at radius 1 is 1.29 bits per heavy atom. The van der Waals surface area contributed by atoms with E-state index in [1.165, 1.54) is 4.88 Å². The number of fused-ring (bicyclic) bond motifs is 1. The summed E-state index contributed by atoms with van der Waals surface area (Å²) in [6.45, 7) is 3.17. The highest BCUT2D eigenvalue weighted by Crippen LogP contribution is 2.35. The van der Waals surface area contributed by atoms with Gasteiger partial charge in [-0.25, -0.2) is 0 Å². The Balaban J connectivity index is 1.98. The van der Waals surface area contributed by atoms with Crippen molar-refractivity contribution in [2.24, 2.45) is 0 Å². The molecule has 1 aromatic heterocycles. The largest absolute Gasteiger partial charge is 0.383 e. The number of para-hydroxylation sites is 1. The summed E-state index contributed by atoms with van der Waals surface area (Å²) >= 11 is 1.71. The number of benzene rings is 1. The zero-order chi connectivity index (χ0) is 14.8. The van der Waals surface area contributed by atoms with Gasteiger partial charge in [0.05, 0.1) is 12.2 Å². The van der Waals surface area contributed by atoms with Gasteiger partial charge >= 0.3 is 0 Å². The van der Waals surface area contributed by atoms with Crippen LogP contribution in [-0.2, 0) is 4.74 Å². The molecule has 1 aliphatic rings. The zero-order valence-corrected chi connectivity index (χ0v) is 12.9. The highest BCUT2D eigenvalue weighted by Gasteiger charge is 2.33. The summed E-state index contributed by atoms with van der Waals surface area (Å²) in [7, 11) is 1.65. The van der Waals surface area contributed by atoms with E-state index in [0.717, 1.165) is 16.1 Å². The van der Waals surface area contributed by atoms with Gasteiger partial charge in [-0.2, -0.15) is 0 Å². The van der Waals surface area contributed by atoms with Gasteiger partial charge in [0.1, 0.15) is 6.17 Å². The quantitative estimate of drug-likeness (QED) is 0.942. The van der Waals surface area contributed by atoms with Gasteiger partial charge in [0, 0.05) is 29.1 Å². The van der Waals surface area contributed by atoms with Crippen molar-refractivity contribution in [3.05, 3.63) is 51.7 Å². The summed E-state index contributed by atoms with van der Waals surface area (Å²) < 4.78 is 5.15. The van der Waals surface area contributed by atoms with Gasteiger partial charge in [0.15, 0.2) is 0 Å². The second kappa shape index (κ2) is 5.87. The Kier molecular flexibility index (Phi) is 3.94. The fourth-order valence-corrected chi connectivity index (χ4v) is 3.48. The minimum Gasteiger partial charge on any atom is -0.383 e. The molecule has 0 spiro atoms. The van der Waals surface area contributed by atoms with Gasteiger partial charge in [0.25, 0.3) is 5.91 Å². The van der Waals surface area contributed by atoms with Crippen LogP contribution in [0, 0.1) is 6.92 Å². The summed E-state index contributed by atoms with van der Waals surface area (Å²) in [5.41, 5.74) is 1.62. The van der Waals surface area contributed by atoms with E-state index >= 15 is 0 Å². The van der Waals surface area contributed by atoms with Crippen molar-refractivity contribution < 1.29 is 9.53 Å². The fourth-order valence-electron chi connectivity index (χ4n) is 2.54. The summed E-state index contributed by atoms with van der Waals surface area (Å²) in [5.74, 6) is 0.0532. The Bertz CT molecular complexity index is 653. The fraction of sp³-hybridized carbons (Fsp3) is 0.312. The maximum atomic E-state index is 12.7. The molecule has 4 nitrogen and oxygen atoms in total. The number of methoxy groups -OCH3 is 1. The molecular weight excluding hydrogens is 284 g/mol. The summed E-state index contributed by atoms with van der Waals surface area (Å²) in [6.07, 6.45) is -0.124. The van der Waals surface area contributed by atoms with E-state index in [0.29, 0.717) is 13.2 Å². The van der Waals surface area contributed by atoms with Crippen molar-refractivity contribution in [3.8, 4) is 0 Å². The Labute approximate surface area is 128 Å². The van der Waals surface area contributed by atoms with Gasteiger partial charge in [-0.15, -0.1) is 11.3 Å². The molecule has 5 heteroatoms. The van der Waals surface area contributed by atoms with Crippen molar-refractivity contribution in [3.63, 3.8) is 0 Å². The van der Waals surface area contributed by atoms with Gasteiger partial charge in [-0.1, -0.05) is 12.1 Å². The van der Waals surface area contributed by atoms with E-state index in [-0.39, 0.29) is 12.1 Å². The molecule has 0 bridgehead atoms. The molecule has 1 aliphatic heterocycles. The van der Waals surface area contributed by atoms with Crippen LogP contribution >= 0.6 is 11.3 Å². The van der Waals surface area contributed by atoms with Crippen LogP contribution in [0.2, 0.25) is 0 Å². The van der Waals surface area contributed by atoms with E-state index in [2.05, 4.69) is 24.4 Å². The minimum atomic E-state index is -0.124. The van der Waals surface area contributed by atoms with Gasteiger partial charge in [-0.05, 0) is 31.2 Å². The molecule has 2 aromatic rings. The van der Waals surface area contributed by atoms with Crippen LogP contribution in [0.25, 0.3) is 0 Å². The first-order valence-corrected chi connectivity index (χ1v) is 7.74. The molecule has 0 saturated heterocycles. The van der Waals surface area contributed by atoms with E-state index in [9.17, 15) is 4.79 Å². The van der Waals surface area contributed by atoms with Gasteiger partial charge < -0.3 is 15.0 Å². The molecule has 3 rings (SSSR count). The third-order valence-corrected chi connectivity index (χ3v) is 4.64. The number of hydrogen-bond acceptors (Lipinski definition) is 4. The number of thiophene rings is 1. The lowest BCUT2D eigenvalue weighted by Crippen LogP contribution is -2.44. The maximum absolute atomic E-state index is 12.7. The molecule has 0 fully saturated rings. The van der Waals surface area contributed by atoms with Crippen LogP contribution in [0.5, 0.6) is 0 Å². The van der Waals surface area contributed by atoms with Gasteiger partial charge in [0.2, 0.25) is 0 Å². The van der Waals surface area contributed by atoms with Crippen LogP contribution in [0.3, 0.4) is 0 Å². The van der Waals surface area contributed by atoms with Crippen LogP contribution in [-0.4, -0.2) is 31.1 Å². The monoisotopic (exact) mass is 302 g/mol. The second-order valence-corrected chi connectivity index (χ2v) is 6.35. The number of hydrogen-bond donors (Lipinski definition) is 1. The topological polar surface area (TPSA) is 41.6 Å². The first kappa shape index (κ1) is 14.1. The Hall–Kier alpha value is -1.85. The molecule has 1 amide bonds. The number of carbonyl (C=O) groups excluding carboxylic acids is 1. The first-order valence-electron chi connectivity index (χ1n) is 6.92. The number of anilines is 1. The number of nitrogens with one attached hydrogen (secondary N) is 1. The molecule has 0 saturated carbocycles. The second-order valence-electron chi connectivity index (χ2n) is 5.03.